The summed E-state index contributed by atoms with van der Waals surface area (Å²) in [6.45, 7) is 5.74. The molecule has 2 N–H and O–H groups in total. The van der Waals surface area contributed by atoms with Crippen LogP contribution in [-0.2, 0) is 0 Å². The van der Waals surface area contributed by atoms with Crippen molar-refractivity contribution in [3.63, 3.8) is 0 Å². The number of amides is 1. The number of hydrogen-bond acceptors (Lipinski definition) is 4. The number of carbonyl (C=O) groups excluding carboxylic acids is 1. The molecule has 0 atom stereocenters. The van der Waals surface area contributed by atoms with E-state index in [1.165, 1.54) is 0 Å². The Morgan fingerprint density at radius 3 is 2.76 bits per heavy atom. The lowest BCUT2D eigenvalue weighted by Gasteiger charge is -2.18. The topological polar surface area (TPSA) is 65.5 Å². The van der Waals surface area contributed by atoms with Crippen molar-refractivity contribution in [1.82, 2.24) is 9.88 Å². The van der Waals surface area contributed by atoms with Crippen molar-refractivity contribution >= 4 is 11.6 Å². The molecule has 1 rings (SSSR count). The molecule has 0 unspecified atom stereocenters. The predicted octanol–water partition coefficient (Wildman–Crippen LogP) is 0.968. The number of aliphatic hydroxyl groups is 1. The molecule has 5 heteroatoms. The van der Waals surface area contributed by atoms with Gasteiger partial charge in [-0.2, -0.15) is 0 Å². The van der Waals surface area contributed by atoms with E-state index < -0.39 is 0 Å². The minimum Gasteiger partial charge on any atom is -0.395 e. The molecule has 0 fully saturated rings. The van der Waals surface area contributed by atoms with E-state index in [1.54, 1.807) is 23.2 Å². The van der Waals surface area contributed by atoms with Crippen LogP contribution in [0.4, 0.5) is 5.69 Å². The molecule has 94 valence electrons. The number of pyridine rings is 1. The molecule has 1 amide bonds. The number of aliphatic hydroxyl groups excluding tert-OH is 1. The molecule has 5 nitrogen and oxygen atoms in total. The standard InChI is InChI=1S/C12H19N3O2/c1-3-15(4-2)12(17)11-9-10(5-6-14-11)13-7-8-16/h5-6,9,16H,3-4,7-8H2,1-2H3,(H,13,14). The Morgan fingerprint density at radius 1 is 1.47 bits per heavy atom. The van der Waals surface area contributed by atoms with E-state index in [1.807, 2.05) is 13.8 Å². The van der Waals surface area contributed by atoms with Gasteiger partial charge >= 0.3 is 0 Å². The maximum Gasteiger partial charge on any atom is 0.272 e. The highest BCUT2D eigenvalue weighted by Crippen LogP contribution is 2.09. The molecule has 1 aromatic rings. The SMILES string of the molecule is CCN(CC)C(=O)c1cc(NCCO)ccn1. The maximum absolute atomic E-state index is 12.0. The van der Waals surface area contributed by atoms with Crippen LogP contribution >= 0.6 is 0 Å². The third-order valence-electron chi connectivity index (χ3n) is 2.47. The van der Waals surface area contributed by atoms with Crippen LogP contribution in [0.25, 0.3) is 0 Å². The van der Waals surface area contributed by atoms with Crippen LogP contribution in [0.1, 0.15) is 24.3 Å². The van der Waals surface area contributed by atoms with Gasteiger partial charge in [0.25, 0.3) is 5.91 Å². The van der Waals surface area contributed by atoms with Crippen LogP contribution < -0.4 is 5.32 Å². The van der Waals surface area contributed by atoms with Gasteiger partial charge in [-0.15, -0.1) is 0 Å². The average Bonchev–Trinajstić information content (AvgIpc) is 2.38. The zero-order chi connectivity index (χ0) is 12.7. The Bertz CT molecular complexity index is 365. The molecule has 17 heavy (non-hydrogen) atoms. The molecular weight excluding hydrogens is 218 g/mol. The molecule has 1 heterocycles. The molecule has 0 aliphatic carbocycles. The van der Waals surface area contributed by atoms with Gasteiger partial charge in [0.15, 0.2) is 0 Å². The first kappa shape index (κ1) is 13.4. The summed E-state index contributed by atoms with van der Waals surface area (Å²) in [5.74, 6) is -0.0670. The average molecular weight is 237 g/mol. The van der Waals surface area contributed by atoms with E-state index in [0.717, 1.165) is 5.69 Å². The number of hydrogen-bond donors (Lipinski definition) is 2. The lowest BCUT2D eigenvalue weighted by atomic mass is 10.2. The number of rotatable bonds is 6. The molecule has 0 radical (unpaired) electrons. The molecule has 0 aromatic carbocycles. The summed E-state index contributed by atoms with van der Waals surface area (Å²) in [5, 5.41) is 11.7. The Balaban J connectivity index is 2.79. The third-order valence-corrected chi connectivity index (χ3v) is 2.47. The third kappa shape index (κ3) is 3.71. The summed E-state index contributed by atoms with van der Waals surface area (Å²) in [4.78, 5) is 17.8. The van der Waals surface area contributed by atoms with E-state index in [-0.39, 0.29) is 12.5 Å². The van der Waals surface area contributed by atoms with Crippen molar-refractivity contribution in [3.05, 3.63) is 24.0 Å². The van der Waals surface area contributed by atoms with Crippen LogP contribution in [0.2, 0.25) is 0 Å². The first-order valence-corrected chi connectivity index (χ1v) is 5.83. The smallest absolute Gasteiger partial charge is 0.272 e. The lowest BCUT2D eigenvalue weighted by molar-refractivity contribution is 0.0767. The van der Waals surface area contributed by atoms with Crippen LogP contribution in [-0.4, -0.2) is 47.1 Å². The van der Waals surface area contributed by atoms with Gasteiger partial charge in [0, 0.05) is 31.5 Å². The second-order valence-electron chi connectivity index (χ2n) is 3.56. The van der Waals surface area contributed by atoms with Gasteiger partial charge in [0.05, 0.1) is 6.61 Å². The Hall–Kier alpha value is -1.62. The Morgan fingerprint density at radius 2 is 2.18 bits per heavy atom. The van der Waals surface area contributed by atoms with E-state index in [2.05, 4.69) is 10.3 Å². The number of aromatic nitrogens is 1. The molecule has 0 aliphatic heterocycles. The monoisotopic (exact) mass is 237 g/mol. The number of carbonyl (C=O) groups is 1. The predicted molar refractivity (Wildman–Crippen MR) is 67.1 cm³/mol. The summed E-state index contributed by atoms with van der Waals surface area (Å²) in [5.41, 5.74) is 1.22. The minimum absolute atomic E-state index is 0.0572. The molecule has 0 saturated heterocycles. The van der Waals surface area contributed by atoms with Crippen LogP contribution in [0.3, 0.4) is 0 Å². The van der Waals surface area contributed by atoms with Gasteiger partial charge in [-0.1, -0.05) is 0 Å². The van der Waals surface area contributed by atoms with Crippen LogP contribution in [0.15, 0.2) is 18.3 Å². The number of nitrogens with zero attached hydrogens (tertiary/aromatic N) is 2. The summed E-state index contributed by atoms with van der Waals surface area (Å²) < 4.78 is 0. The molecule has 1 aromatic heterocycles. The Labute approximate surface area is 101 Å². The van der Waals surface area contributed by atoms with Crippen molar-refractivity contribution < 1.29 is 9.90 Å². The fraction of sp³-hybridized carbons (Fsp3) is 0.500. The number of anilines is 1. The van der Waals surface area contributed by atoms with Gasteiger partial charge in [-0.05, 0) is 26.0 Å². The summed E-state index contributed by atoms with van der Waals surface area (Å²) in [6.07, 6.45) is 1.59. The fourth-order valence-electron chi connectivity index (χ4n) is 1.53. The molecule has 0 saturated carbocycles. The minimum atomic E-state index is -0.0670. The van der Waals surface area contributed by atoms with Gasteiger partial charge in [0.2, 0.25) is 0 Å². The molecular formula is C12H19N3O2. The van der Waals surface area contributed by atoms with E-state index in [9.17, 15) is 4.79 Å². The fourth-order valence-corrected chi connectivity index (χ4v) is 1.53. The van der Waals surface area contributed by atoms with Crippen molar-refractivity contribution in [2.45, 2.75) is 13.8 Å². The zero-order valence-corrected chi connectivity index (χ0v) is 10.3. The van der Waals surface area contributed by atoms with Gasteiger partial charge in [-0.25, -0.2) is 0 Å². The second kappa shape index (κ2) is 6.85. The van der Waals surface area contributed by atoms with E-state index in [0.29, 0.717) is 25.3 Å². The highest BCUT2D eigenvalue weighted by Gasteiger charge is 2.13. The van der Waals surface area contributed by atoms with Gasteiger partial charge in [-0.3, -0.25) is 9.78 Å². The quantitative estimate of drug-likeness (QED) is 0.773. The largest absolute Gasteiger partial charge is 0.395 e. The highest BCUT2D eigenvalue weighted by molar-refractivity contribution is 5.93. The van der Waals surface area contributed by atoms with Crippen LogP contribution in [0, 0.1) is 0 Å². The van der Waals surface area contributed by atoms with Crippen molar-refractivity contribution in [3.8, 4) is 0 Å². The number of nitrogens with one attached hydrogen (secondary N) is 1. The molecule has 0 aliphatic rings. The van der Waals surface area contributed by atoms with Gasteiger partial charge < -0.3 is 15.3 Å². The summed E-state index contributed by atoms with van der Waals surface area (Å²) in [7, 11) is 0. The summed E-state index contributed by atoms with van der Waals surface area (Å²) in [6, 6.07) is 3.48. The van der Waals surface area contributed by atoms with Crippen molar-refractivity contribution in [2.75, 3.05) is 31.6 Å². The summed E-state index contributed by atoms with van der Waals surface area (Å²) >= 11 is 0. The molecule has 0 spiro atoms. The lowest BCUT2D eigenvalue weighted by Crippen LogP contribution is -2.31. The van der Waals surface area contributed by atoms with E-state index >= 15 is 0 Å². The second-order valence-corrected chi connectivity index (χ2v) is 3.56. The first-order valence-electron chi connectivity index (χ1n) is 5.83. The van der Waals surface area contributed by atoms with Crippen molar-refractivity contribution in [2.24, 2.45) is 0 Å². The van der Waals surface area contributed by atoms with Gasteiger partial charge in [0.1, 0.15) is 5.69 Å². The van der Waals surface area contributed by atoms with Crippen molar-refractivity contribution in [1.29, 1.82) is 0 Å². The Kier molecular flexibility index (Phi) is 5.42. The highest BCUT2D eigenvalue weighted by atomic mass is 16.3. The molecule has 0 bridgehead atoms. The zero-order valence-electron chi connectivity index (χ0n) is 10.3. The first-order chi connectivity index (χ1) is 8.22. The normalized spacial score (nSPS) is 10.1. The van der Waals surface area contributed by atoms with Crippen LogP contribution in [0.5, 0.6) is 0 Å². The maximum atomic E-state index is 12.0. The van der Waals surface area contributed by atoms with E-state index in [4.69, 9.17) is 5.11 Å².